The van der Waals surface area contributed by atoms with E-state index in [4.69, 9.17) is 4.74 Å². The molecule has 11 heteroatoms. The first-order valence-corrected chi connectivity index (χ1v) is 12.7. The van der Waals surface area contributed by atoms with E-state index in [1.165, 1.54) is 23.4 Å². The molecule has 1 unspecified atom stereocenters. The number of ether oxygens (including phenoxy) is 1. The second-order valence-electron chi connectivity index (χ2n) is 9.91. The highest BCUT2D eigenvalue weighted by Crippen LogP contribution is 2.32. The Morgan fingerprint density at radius 3 is 2.78 bits per heavy atom. The summed E-state index contributed by atoms with van der Waals surface area (Å²) >= 11 is 0. The van der Waals surface area contributed by atoms with E-state index >= 15 is 0 Å². The minimum atomic E-state index is -0.371. The molecule has 192 valence electrons. The average molecular weight is 504 g/mol. The molecule has 11 nitrogen and oxygen atoms in total. The van der Waals surface area contributed by atoms with Gasteiger partial charge in [-0.15, -0.1) is 0 Å². The lowest BCUT2D eigenvalue weighted by atomic mass is 9.79. The predicted octanol–water partition coefficient (Wildman–Crippen LogP) is 1.10. The number of nitrogens with one attached hydrogen (secondary N) is 3. The number of hydrogen-bond acceptors (Lipinski definition) is 7. The molecule has 3 saturated heterocycles. The Morgan fingerprint density at radius 1 is 1.11 bits per heavy atom. The molecule has 3 aromatic rings. The molecular weight excluding hydrogens is 474 g/mol. The van der Waals surface area contributed by atoms with Crippen molar-refractivity contribution in [2.75, 3.05) is 44.6 Å². The van der Waals surface area contributed by atoms with Crippen LogP contribution in [0.3, 0.4) is 0 Å². The van der Waals surface area contributed by atoms with Crippen molar-refractivity contribution in [2.24, 2.45) is 11.8 Å². The molecule has 3 fully saturated rings. The fourth-order valence-corrected chi connectivity index (χ4v) is 5.52. The van der Waals surface area contributed by atoms with Gasteiger partial charge in [0.05, 0.1) is 11.9 Å². The van der Waals surface area contributed by atoms with Gasteiger partial charge in [-0.3, -0.25) is 14.4 Å². The van der Waals surface area contributed by atoms with Crippen LogP contribution in [0.1, 0.15) is 39.4 Å². The maximum atomic E-state index is 13.1. The Morgan fingerprint density at radius 2 is 1.97 bits per heavy atom. The lowest BCUT2D eigenvalue weighted by Crippen LogP contribution is -2.50. The number of carbonyl (C=O) groups excluding carboxylic acids is 3. The molecule has 4 aliphatic heterocycles. The minimum absolute atomic E-state index is 0.0106. The van der Waals surface area contributed by atoms with Crippen LogP contribution in [0.2, 0.25) is 0 Å². The largest absolute Gasteiger partial charge is 0.482 e. The minimum Gasteiger partial charge on any atom is -0.482 e. The summed E-state index contributed by atoms with van der Waals surface area (Å²) in [6.07, 6.45) is 4.50. The fourth-order valence-electron chi connectivity index (χ4n) is 5.52. The Balaban J connectivity index is 1.10. The van der Waals surface area contributed by atoms with Gasteiger partial charge in [0.2, 0.25) is 0 Å². The summed E-state index contributed by atoms with van der Waals surface area (Å²) in [5.74, 6) is 0.915. The normalized spacial score (nSPS) is 22.2. The molecule has 3 amide bonds. The van der Waals surface area contributed by atoms with Crippen LogP contribution in [-0.4, -0.2) is 76.6 Å². The number of piperidine rings is 3. The van der Waals surface area contributed by atoms with Gasteiger partial charge in [-0.2, -0.15) is 5.10 Å². The van der Waals surface area contributed by atoms with Crippen LogP contribution in [-0.2, 0) is 11.2 Å². The molecule has 4 aliphatic rings. The van der Waals surface area contributed by atoms with Gasteiger partial charge in [0.25, 0.3) is 17.7 Å². The van der Waals surface area contributed by atoms with Crippen molar-refractivity contribution in [1.29, 1.82) is 0 Å². The lowest BCUT2D eigenvalue weighted by Gasteiger charge is -2.44. The second-order valence-corrected chi connectivity index (χ2v) is 9.91. The number of amides is 3. The van der Waals surface area contributed by atoms with Gasteiger partial charge in [-0.1, -0.05) is 6.07 Å². The van der Waals surface area contributed by atoms with Crippen molar-refractivity contribution < 1.29 is 19.1 Å². The Bertz CT molecular complexity index is 1360. The van der Waals surface area contributed by atoms with Crippen LogP contribution in [0.4, 0.5) is 5.69 Å². The first-order chi connectivity index (χ1) is 18.0. The van der Waals surface area contributed by atoms with E-state index in [0.29, 0.717) is 48.4 Å². The van der Waals surface area contributed by atoms with Gasteiger partial charge in [0.15, 0.2) is 12.3 Å². The third-order valence-electron chi connectivity index (χ3n) is 7.52. The first kappa shape index (κ1) is 23.4. The number of fused-ring (bicyclic) bond motifs is 5. The molecule has 2 bridgehead atoms. The van der Waals surface area contributed by atoms with Crippen molar-refractivity contribution in [3.8, 4) is 5.75 Å². The SMILES string of the molecule is O=C1COc2ccc(CCNC(=O)c3cc(C(=O)NCC4CN5CCC4CC5)n4nccc4n3)cc2N1. The highest BCUT2D eigenvalue weighted by molar-refractivity contribution is 5.98. The van der Waals surface area contributed by atoms with Crippen LogP contribution >= 0.6 is 0 Å². The number of rotatable bonds is 7. The van der Waals surface area contributed by atoms with Gasteiger partial charge < -0.3 is 25.6 Å². The van der Waals surface area contributed by atoms with Gasteiger partial charge in [0.1, 0.15) is 17.1 Å². The third kappa shape index (κ3) is 4.86. The Kier molecular flexibility index (Phi) is 6.21. The average Bonchev–Trinajstić information content (AvgIpc) is 3.40. The van der Waals surface area contributed by atoms with E-state index in [2.05, 4.69) is 30.9 Å². The third-order valence-corrected chi connectivity index (χ3v) is 7.52. The number of nitrogens with zero attached hydrogens (tertiary/aromatic N) is 4. The Labute approximate surface area is 213 Å². The van der Waals surface area contributed by atoms with Crippen LogP contribution in [0.25, 0.3) is 5.65 Å². The maximum Gasteiger partial charge on any atom is 0.270 e. The van der Waals surface area contributed by atoms with E-state index in [1.807, 2.05) is 18.2 Å². The summed E-state index contributed by atoms with van der Waals surface area (Å²) in [7, 11) is 0. The van der Waals surface area contributed by atoms with Crippen molar-refractivity contribution in [1.82, 2.24) is 30.1 Å². The fraction of sp³-hybridized carbons (Fsp3) is 0.423. The monoisotopic (exact) mass is 503 g/mol. The molecule has 37 heavy (non-hydrogen) atoms. The van der Waals surface area contributed by atoms with Gasteiger partial charge >= 0.3 is 0 Å². The molecule has 0 radical (unpaired) electrons. The van der Waals surface area contributed by atoms with E-state index in [9.17, 15) is 14.4 Å². The predicted molar refractivity (Wildman–Crippen MR) is 135 cm³/mol. The number of aromatic nitrogens is 3. The zero-order valence-electron chi connectivity index (χ0n) is 20.4. The number of benzene rings is 1. The van der Waals surface area contributed by atoms with Crippen LogP contribution in [0.5, 0.6) is 5.75 Å². The standard InChI is InChI=1S/C26H29N7O4/c34-24-15-37-22-2-1-16(11-19(22)31-24)3-7-27-25(35)20-12-21(33-23(30-20)4-8-29-33)26(36)28-13-18-14-32-9-5-17(18)6-10-32/h1-2,4,8,11-12,17-18H,3,5-7,9-10,13-15H2,(H,27,35)(H,28,36)(H,31,34). The quantitative estimate of drug-likeness (QED) is 0.440. The lowest BCUT2D eigenvalue weighted by molar-refractivity contribution is -0.118. The van der Waals surface area contributed by atoms with Gasteiger partial charge in [-0.05, 0) is 61.9 Å². The molecule has 2 aromatic heterocycles. The smallest absolute Gasteiger partial charge is 0.270 e. The van der Waals surface area contributed by atoms with E-state index < -0.39 is 0 Å². The summed E-state index contributed by atoms with van der Waals surface area (Å²) in [6.45, 7) is 4.32. The zero-order chi connectivity index (χ0) is 25.4. The van der Waals surface area contributed by atoms with Crippen molar-refractivity contribution in [2.45, 2.75) is 19.3 Å². The Hall–Kier alpha value is -3.99. The summed E-state index contributed by atoms with van der Waals surface area (Å²) in [5, 5.41) is 13.0. The van der Waals surface area contributed by atoms with Crippen LogP contribution in [0, 0.1) is 11.8 Å². The molecule has 0 aliphatic carbocycles. The summed E-state index contributed by atoms with van der Waals surface area (Å²) < 4.78 is 6.85. The molecule has 7 rings (SSSR count). The van der Waals surface area contributed by atoms with E-state index in [0.717, 1.165) is 25.2 Å². The topological polar surface area (TPSA) is 130 Å². The molecule has 0 saturated carbocycles. The molecule has 6 heterocycles. The molecular formula is C26H29N7O4. The van der Waals surface area contributed by atoms with Crippen molar-refractivity contribution in [3.63, 3.8) is 0 Å². The van der Waals surface area contributed by atoms with E-state index in [-0.39, 0.29) is 35.7 Å². The number of carbonyl (C=O) groups is 3. The highest BCUT2D eigenvalue weighted by Gasteiger charge is 2.34. The van der Waals surface area contributed by atoms with Crippen LogP contribution in [0.15, 0.2) is 36.5 Å². The number of hydrogen-bond donors (Lipinski definition) is 3. The molecule has 3 N–H and O–H groups in total. The highest BCUT2D eigenvalue weighted by atomic mass is 16.5. The molecule has 1 atom stereocenters. The van der Waals surface area contributed by atoms with Crippen LogP contribution < -0.4 is 20.7 Å². The van der Waals surface area contributed by atoms with Gasteiger partial charge in [0, 0.05) is 31.8 Å². The van der Waals surface area contributed by atoms with Gasteiger partial charge in [-0.25, -0.2) is 9.50 Å². The van der Waals surface area contributed by atoms with Crippen molar-refractivity contribution in [3.05, 3.63) is 53.5 Å². The van der Waals surface area contributed by atoms with E-state index in [1.54, 1.807) is 12.3 Å². The summed E-state index contributed by atoms with van der Waals surface area (Å²) in [5.41, 5.74) is 2.45. The summed E-state index contributed by atoms with van der Waals surface area (Å²) in [4.78, 5) is 44.5. The van der Waals surface area contributed by atoms with Crippen molar-refractivity contribution >= 4 is 29.1 Å². The first-order valence-electron chi connectivity index (χ1n) is 12.7. The molecule has 1 aromatic carbocycles. The summed E-state index contributed by atoms with van der Waals surface area (Å²) in [6, 6.07) is 8.71. The zero-order valence-corrected chi connectivity index (χ0v) is 20.4. The maximum absolute atomic E-state index is 13.1. The second kappa shape index (κ2) is 9.81. The molecule has 0 spiro atoms. The number of anilines is 1.